The summed E-state index contributed by atoms with van der Waals surface area (Å²) >= 11 is 3.40. The molecule has 2 aromatic rings. The number of hydrogen-bond acceptors (Lipinski definition) is 4. The van der Waals surface area contributed by atoms with Crippen molar-refractivity contribution in [1.29, 1.82) is 0 Å². The molecule has 0 aliphatic heterocycles. The third-order valence-electron chi connectivity index (χ3n) is 2.97. The molecule has 1 atom stereocenters. The van der Waals surface area contributed by atoms with Crippen molar-refractivity contribution in [3.05, 3.63) is 52.3 Å². The van der Waals surface area contributed by atoms with Gasteiger partial charge in [0.15, 0.2) is 0 Å². The standard InChI is InChI=1S/C16H19BrN2O2/c1-11(18)5-13-3-4-15(20-2)7-16(13)21-10-12-6-14(17)9-19-8-12/h3-4,6-9,11H,5,10,18H2,1-2H3. The highest BCUT2D eigenvalue weighted by Gasteiger charge is 2.09. The second kappa shape index (κ2) is 7.43. The third-order valence-corrected chi connectivity index (χ3v) is 3.41. The van der Waals surface area contributed by atoms with Crippen molar-refractivity contribution in [1.82, 2.24) is 4.98 Å². The summed E-state index contributed by atoms with van der Waals surface area (Å²) in [5, 5.41) is 0. The van der Waals surface area contributed by atoms with E-state index in [-0.39, 0.29) is 6.04 Å². The maximum Gasteiger partial charge on any atom is 0.126 e. The van der Waals surface area contributed by atoms with Crippen molar-refractivity contribution in [3.63, 3.8) is 0 Å². The van der Waals surface area contributed by atoms with Gasteiger partial charge in [0.05, 0.1) is 7.11 Å². The van der Waals surface area contributed by atoms with Gasteiger partial charge in [0, 0.05) is 34.5 Å². The van der Waals surface area contributed by atoms with Crippen LogP contribution in [0.2, 0.25) is 0 Å². The minimum Gasteiger partial charge on any atom is -0.497 e. The van der Waals surface area contributed by atoms with Gasteiger partial charge in [-0.05, 0) is 47.0 Å². The number of pyridine rings is 1. The number of ether oxygens (including phenoxy) is 2. The molecule has 0 radical (unpaired) electrons. The fraction of sp³-hybridized carbons (Fsp3) is 0.312. The largest absolute Gasteiger partial charge is 0.497 e. The monoisotopic (exact) mass is 350 g/mol. The average Bonchev–Trinajstić information content (AvgIpc) is 2.46. The first-order valence-electron chi connectivity index (χ1n) is 6.73. The van der Waals surface area contributed by atoms with Gasteiger partial charge in [-0.25, -0.2) is 0 Å². The van der Waals surface area contributed by atoms with Crippen molar-refractivity contribution in [2.24, 2.45) is 5.73 Å². The van der Waals surface area contributed by atoms with Crippen LogP contribution in [0, 0.1) is 0 Å². The smallest absolute Gasteiger partial charge is 0.126 e. The summed E-state index contributed by atoms with van der Waals surface area (Å²) in [7, 11) is 1.64. The van der Waals surface area contributed by atoms with Gasteiger partial charge in [0.25, 0.3) is 0 Å². The second-order valence-corrected chi connectivity index (χ2v) is 5.87. The van der Waals surface area contributed by atoms with Crippen molar-refractivity contribution in [2.75, 3.05) is 7.11 Å². The number of hydrogen-bond donors (Lipinski definition) is 1. The van der Waals surface area contributed by atoms with Gasteiger partial charge >= 0.3 is 0 Å². The highest BCUT2D eigenvalue weighted by molar-refractivity contribution is 9.10. The molecular formula is C16H19BrN2O2. The summed E-state index contributed by atoms with van der Waals surface area (Å²) in [5.74, 6) is 1.57. The predicted molar refractivity (Wildman–Crippen MR) is 86.6 cm³/mol. The lowest BCUT2D eigenvalue weighted by molar-refractivity contribution is 0.299. The van der Waals surface area contributed by atoms with Gasteiger partial charge in [-0.15, -0.1) is 0 Å². The molecule has 1 aromatic heterocycles. The molecule has 0 spiro atoms. The van der Waals surface area contributed by atoms with Crippen LogP contribution >= 0.6 is 15.9 Å². The lowest BCUT2D eigenvalue weighted by Gasteiger charge is -2.14. The van der Waals surface area contributed by atoms with Crippen molar-refractivity contribution >= 4 is 15.9 Å². The number of benzene rings is 1. The zero-order chi connectivity index (χ0) is 15.2. The van der Waals surface area contributed by atoms with Gasteiger partial charge in [0.1, 0.15) is 18.1 Å². The van der Waals surface area contributed by atoms with Gasteiger partial charge in [0.2, 0.25) is 0 Å². The minimum absolute atomic E-state index is 0.0771. The first kappa shape index (κ1) is 15.8. The molecule has 1 heterocycles. The van der Waals surface area contributed by atoms with Crippen LogP contribution in [0.25, 0.3) is 0 Å². The normalized spacial score (nSPS) is 12.0. The van der Waals surface area contributed by atoms with Gasteiger partial charge < -0.3 is 15.2 Å². The van der Waals surface area contributed by atoms with Crippen LogP contribution in [0.3, 0.4) is 0 Å². The van der Waals surface area contributed by atoms with Crippen molar-refractivity contribution in [3.8, 4) is 11.5 Å². The molecule has 2 rings (SSSR count). The maximum atomic E-state index is 5.93. The Morgan fingerprint density at radius 2 is 2.10 bits per heavy atom. The van der Waals surface area contributed by atoms with Gasteiger partial charge in [-0.1, -0.05) is 6.07 Å². The summed E-state index contributed by atoms with van der Waals surface area (Å²) in [6, 6.07) is 7.87. The number of nitrogens with two attached hydrogens (primary N) is 1. The van der Waals surface area contributed by atoms with Gasteiger partial charge in [-0.2, -0.15) is 0 Å². The molecule has 1 aromatic carbocycles. The van der Waals surface area contributed by atoms with Crippen molar-refractivity contribution in [2.45, 2.75) is 26.0 Å². The molecule has 0 bridgehead atoms. The molecule has 0 saturated heterocycles. The van der Waals surface area contributed by atoms with E-state index in [0.717, 1.165) is 33.5 Å². The molecule has 1 unspecified atom stereocenters. The van der Waals surface area contributed by atoms with E-state index in [1.165, 1.54) is 0 Å². The highest BCUT2D eigenvalue weighted by Crippen LogP contribution is 2.26. The highest BCUT2D eigenvalue weighted by atomic mass is 79.9. The topological polar surface area (TPSA) is 57.4 Å². The summed E-state index contributed by atoms with van der Waals surface area (Å²) in [5.41, 5.74) is 7.96. The molecule has 112 valence electrons. The molecule has 4 nitrogen and oxygen atoms in total. The fourth-order valence-corrected chi connectivity index (χ4v) is 2.42. The van der Waals surface area contributed by atoms with Crippen LogP contribution in [0.4, 0.5) is 0 Å². The van der Waals surface area contributed by atoms with E-state index in [9.17, 15) is 0 Å². The molecule has 21 heavy (non-hydrogen) atoms. The number of nitrogens with zero attached hydrogens (tertiary/aromatic N) is 1. The zero-order valence-corrected chi connectivity index (χ0v) is 13.8. The van der Waals surface area contributed by atoms with E-state index < -0.39 is 0 Å². The second-order valence-electron chi connectivity index (χ2n) is 4.96. The van der Waals surface area contributed by atoms with Crippen LogP contribution in [0.15, 0.2) is 41.1 Å². The molecule has 2 N–H and O–H groups in total. The van der Waals surface area contributed by atoms with E-state index in [0.29, 0.717) is 6.61 Å². The van der Waals surface area contributed by atoms with Crippen LogP contribution < -0.4 is 15.2 Å². The molecule has 0 aliphatic carbocycles. The Hall–Kier alpha value is -1.59. The van der Waals surface area contributed by atoms with E-state index in [2.05, 4.69) is 20.9 Å². The summed E-state index contributed by atoms with van der Waals surface area (Å²) < 4.78 is 12.1. The first-order valence-corrected chi connectivity index (χ1v) is 7.52. The molecular weight excluding hydrogens is 332 g/mol. The van der Waals surface area contributed by atoms with Crippen LogP contribution in [0.1, 0.15) is 18.1 Å². The Morgan fingerprint density at radius 1 is 1.29 bits per heavy atom. The third kappa shape index (κ3) is 4.72. The summed E-state index contributed by atoms with van der Waals surface area (Å²) in [4.78, 5) is 4.13. The Morgan fingerprint density at radius 3 is 2.76 bits per heavy atom. The van der Waals surface area contributed by atoms with Crippen LogP contribution in [-0.2, 0) is 13.0 Å². The molecule has 5 heteroatoms. The minimum atomic E-state index is 0.0771. The van der Waals surface area contributed by atoms with Gasteiger partial charge in [-0.3, -0.25) is 4.98 Å². The maximum absolute atomic E-state index is 5.93. The van der Waals surface area contributed by atoms with Crippen molar-refractivity contribution < 1.29 is 9.47 Å². The molecule has 0 fully saturated rings. The zero-order valence-electron chi connectivity index (χ0n) is 12.2. The number of rotatable bonds is 6. The van der Waals surface area contributed by atoms with E-state index in [1.54, 1.807) is 19.5 Å². The fourth-order valence-electron chi connectivity index (χ4n) is 2.01. The van der Waals surface area contributed by atoms with E-state index in [4.69, 9.17) is 15.2 Å². The Labute approximate surface area is 133 Å². The van der Waals surface area contributed by atoms with Crippen LogP contribution in [-0.4, -0.2) is 18.1 Å². The lowest BCUT2D eigenvalue weighted by atomic mass is 10.1. The Kier molecular flexibility index (Phi) is 5.59. The summed E-state index contributed by atoms with van der Waals surface area (Å²) in [6.45, 7) is 2.43. The Balaban J connectivity index is 2.16. The lowest BCUT2D eigenvalue weighted by Crippen LogP contribution is -2.18. The van der Waals surface area contributed by atoms with E-state index >= 15 is 0 Å². The molecule has 0 saturated carbocycles. The number of halogens is 1. The average molecular weight is 351 g/mol. The number of aromatic nitrogens is 1. The number of methoxy groups -OCH3 is 1. The SMILES string of the molecule is COc1ccc(CC(C)N)c(OCc2cncc(Br)c2)c1. The summed E-state index contributed by atoms with van der Waals surface area (Å²) in [6.07, 6.45) is 4.29. The first-order chi connectivity index (χ1) is 10.1. The molecule has 0 aliphatic rings. The Bertz CT molecular complexity index is 603. The predicted octanol–water partition coefficient (Wildman–Crippen LogP) is 3.32. The molecule has 0 amide bonds. The van der Waals surface area contributed by atoms with Crippen LogP contribution in [0.5, 0.6) is 11.5 Å². The quantitative estimate of drug-likeness (QED) is 0.867. The van der Waals surface area contributed by atoms with E-state index in [1.807, 2.05) is 31.2 Å².